The summed E-state index contributed by atoms with van der Waals surface area (Å²) in [6, 6.07) is 12.3. The van der Waals surface area contributed by atoms with Crippen molar-refractivity contribution in [2.24, 2.45) is 5.92 Å². The predicted octanol–water partition coefficient (Wildman–Crippen LogP) is 4.33. The van der Waals surface area contributed by atoms with Crippen molar-refractivity contribution < 1.29 is 9.59 Å². The van der Waals surface area contributed by atoms with Gasteiger partial charge >= 0.3 is 6.03 Å². The average Bonchev–Trinajstić information content (AvgIpc) is 2.64. The van der Waals surface area contributed by atoms with E-state index in [0.29, 0.717) is 16.4 Å². The summed E-state index contributed by atoms with van der Waals surface area (Å²) in [5.41, 5.74) is 3.93. The monoisotopic (exact) mass is 383 g/mol. The van der Waals surface area contributed by atoms with Crippen LogP contribution in [-0.2, 0) is 11.2 Å². The molecule has 3 amide bonds. The van der Waals surface area contributed by atoms with Crippen LogP contribution < -0.4 is 16.0 Å². The summed E-state index contributed by atoms with van der Waals surface area (Å²) in [4.78, 5) is 24.9. The Hall–Kier alpha value is -2.79. The van der Waals surface area contributed by atoms with Crippen LogP contribution in [0, 0.1) is 12.8 Å². The van der Waals surface area contributed by atoms with Gasteiger partial charge in [0.2, 0.25) is 5.91 Å². The van der Waals surface area contributed by atoms with Gasteiger partial charge in [-0.1, -0.05) is 55.4 Å². The quantitative estimate of drug-likeness (QED) is 0.735. The Labute approximate surface area is 163 Å². The third kappa shape index (κ3) is 4.14. The number of benzene rings is 2. The lowest BCUT2D eigenvalue weighted by Crippen LogP contribution is -2.51. The van der Waals surface area contributed by atoms with Crippen LogP contribution in [0.1, 0.15) is 29.7 Å². The van der Waals surface area contributed by atoms with E-state index in [4.69, 9.17) is 11.6 Å². The molecule has 0 saturated carbocycles. The molecule has 5 nitrogen and oxygen atoms in total. The zero-order valence-electron chi connectivity index (χ0n) is 15.3. The fraction of sp³-hybridized carbons (Fsp3) is 0.238. The van der Waals surface area contributed by atoms with Crippen molar-refractivity contribution in [1.29, 1.82) is 0 Å². The van der Waals surface area contributed by atoms with Crippen molar-refractivity contribution in [1.82, 2.24) is 10.6 Å². The summed E-state index contributed by atoms with van der Waals surface area (Å²) in [6.07, 6.45) is 0.920. The molecule has 0 spiro atoms. The van der Waals surface area contributed by atoms with Gasteiger partial charge in [-0.3, -0.25) is 4.79 Å². The van der Waals surface area contributed by atoms with Crippen molar-refractivity contribution in [2.45, 2.75) is 26.3 Å². The first-order chi connectivity index (χ1) is 12.9. The number of carbonyl (C=O) groups excluding carboxylic acids is 2. The highest BCUT2D eigenvalue weighted by molar-refractivity contribution is 6.31. The molecule has 0 radical (unpaired) electrons. The lowest BCUT2D eigenvalue weighted by molar-refractivity contribution is -0.119. The van der Waals surface area contributed by atoms with Crippen molar-refractivity contribution >= 4 is 29.2 Å². The van der Waals surface area contributed by atoms with Crippen LogP contribution in [0.25, 0.3) is 0 Å². The fourth-order valence-electron chi connectivity index (χ4n) is 3.12. The van der Waals surface area contributed by atoms with Crippen LogP contribution in [0.5, 0.6) is 0 Å². The molecule has 1 heterocycles. The molecule has 27 heavy (non-hydrogen) atoms. The number of urea groups is 1. The Bertz CT molecular complexity index is 893. The number of amides is 3. The first-order valence-corrected chi connectivity index (χ1v) is 9.19. The molecule has 2 atom stereocenters. The van der Waals surface area contributed by atoms with Crippen LogP contribution in [0.15, 0.2) is 54.7 Å². The maximum Gasteiger partial charge on any atom is 0.319 e. The molecule has 1 aliphatic rings. The number of carbonyl (C=O) groups is 2. The van der Waals surface area contributed by atoms with E-state index in [1.54, 1.807) is 12.1 Å². The molecule has 1 saturated heterocycles. The van der Waals surface area contributed by atoms with Crippen molar-refractivity contribution in [3.8, 4) is 0 Å². The predicted molar refractivity (Wildman–Crippen MR) is 108 cm³/mol. The van der Waals surface area contributed by atoms with Crippen molar-refractivity contribution in [2.75, 3.05) is 5.32 Å². The number of halogens is 1. The van der Waals surface area contributed by atoms with Crippen LogP contribution in [0.4, 0.5) is 10.5 Å². The van der Waals surface area contributed by atoms with E-state index >= 15 is 0 Å². The second kappa shape index (κ2) is 7.84. The molecule has 3 rings (SSSR count). The summed E-state index contributed by atoms with van der Waals surface area (Å²) in [5.74, 6) is -0.924. The van der Waals surface area contributed by atoms with Crippen LogP contribution in [-0.4, -0.2) is 11.9 Å². The lowest BCUT2D eigenvalue weighted by Gasteiger charge is -2.34. The van der Waals surface area contributed by atoms with E-state index in [2.05, 4.69) is 29.5 Å². The Morgan fingerprint density at radius 1 is 1.22 bits per heavy atom. The molecule has 0 aromatic heterocycles. The van der Waals surface area contributed by atoms with Gasteiger partial charge < -0.3 is 16.0 Å². The normalized spacial score (nSPS) is 19.2. The smallest absolute Gasteiger partial charge is 0.319 e. The molecule has 0 unspecified atom stereocenters. The zero-order chi connectivity index (χ0) is 19.6. The van der Waals surface area contributed by atoms with E-state index in [1.807, 2.05) is 37.3 Å². The number of hydrogen-bond donors (Lipinski definition) is 3. The lowest BCUT2D eigenvalue weighted by atomic mass is 9.87. The number of aryl methyl sites for hydroxylation is 2. The maximum atomic E-state index is 13.0. The molecule has 140 valence electrons. The summed E-state index contributed by atoms with van der Waals surface area (Å²) in [6.45, 7) is 7.86. The minimum Gasteiger partial charge on any atom is -0.330 e. The average molecular weight is 384 g/mol. The van der Waals surface area contributed by atoms with E-state index < -0.39 is 12.0 Å². The molecule has 6 heteroatoms. The Balaban J connectivity index is 1.88. The van der Waals surface area contributed by atoms with Gasteiger partial charge in [0.25, 0.3) is 0 Å². The molecule has 0 aliphatic carbocycles. The third-order valence-electron chi connectivity index (χ3n) is 4.74. The van der Waals surface area contributed by atoms with Gasteiger partial charge in [0, 0.05) is 16.4 Å². The van der Waals surface area contributed by atoms with Gasteiger partial charge in [-0.2, -0.15) is 0 Å². The molecular formula is C21H22ClN3O2. The number of hydrogen-bond acceptors (Lipinski definition) is 2. The van der Waals surface area contributed by atoms with Crippen LogP contribution in [0.2, 0.25) is 5.02 Å². The molecule has 1 fully saturated rings. The van der Waals surface area contributed by atoms with Gasteiger partial charge in [-0.05, 0) is 42.2 Å². The molecule has 2 aromatic carbocycles. The van der Waals surface area contributed by atoms with E-state index in [-0.39, 0.29) is 11.9 Å². The first-order valence-electron chi connectivity index (χ1n) is 8.81. The van der Waals surface area contributed by atoms with Crippen LogP contribution in [0.3, 0.4) is 0 Å². The molecule has 1 aliphatic heterocycles. The summed E-state index contributed by atoms with van der Waals surface area (Å²) >= 11 is 6.15. The molecule has 3 N–H and O–H groups in total. The topological polar surface area (TPSA) is 70.2 Å². The standard InChI is InChI=1S/C21H22ClN3O2/c1-4-14-6-8-15(9-7-14)19-18(13(3)23-21(27)25-19)20(26)24-16-10-5-12(2)17(22)11-16/h5-11,18-19H,3-4H2,1-2H3,(H,24,26)(H2,23,25,27)/t18-,19+/m1/s1. The number of rotatable bonds is 4. The van der Waals surface area contributed by atoms with Crippen LogP contribution >= 0.6 is 11.6 Å². The summed E-state index contributed by atoms with van der Waals surface area (Å²) in [5, 5.41) is 8.90. The highest BCUT2D eigenvalue weighted by Gasteiger charge is 2.37. The minimum absolute atomic E-state index is 0.267. The van der Waals surface area contributed by atoms with Gasteiger partial charge in [0.15, 0.2) is 0 Å². The van der Waals surface area contributed by atoms with Crippen molar-refractivity contribution in [3.63, 3.8) is 0 Å². The van der Waals surface area contributed by atoms with Gasteiger partial charge in [-0.25, -0.2) is 4.79 Å². The summed E-state index contributed by atoms with van der Waals surface area (Å²) in [7, 11) is 0. The molecule has 2 aromatic rings. The second-order valence-corrected chi connectivity index (χ2v) is 7.03. The SMILES string of the molecule is C=C1NC(=O)N[C@@H](c2ccc(CC)cc2)[C@@H]1C(=O)Nc1ccc(C)c(Cl)c1. The van der Waals surface area contributed by atoms with E-state index in [9.17, 15) is 9.59 Å². The first kappa shape index (κ1) is 19.0. The maximum absolute atomic E-state index is 13.0. The third-order valence-corrected chi connectivity index (χ3v) is 5.15. The molecular weight excluding hydrogens is 362 g/mol. The van der Waals surface area contributed by atoms with Gasteiger partial charge in [0.1, 0.15) is 5.92 Å². The highest BCUT2D eigenvalue weighted by atomic mass is 35.5. The van der Waals surface area contributed by atoms with Gasteiger partial charge in [-0.15, -0.1) is 0 Å². The molecule has 0 bridgehead atoms. The second-order valence-electron chi connectivity index (χ2n) is 6.63. The minimum atomic E-state index is -0.657. The Morgan fingerprint density at radius 3 is 2.56 bits per heavy atom. The fourth-order valence-corrected chi connectivity index (χ4v) is 3.30. The number of nitrogens with one attached hydrogen (secondary N) is 3. The zero-order valence-corrected chi connectivity index (χ0v) is 16.1. The summed E-state index contributed by atoms with van der Waals surface area (Å²) < 4.78 is 0. The van der Waals surface area contributed by atoms with Gasteiger partial charge in [0.05, 0.1) is 6.04 Å². The van der Waals surface area contributed by atoms with E-state index in [0.717, 1.165) is 17.5 Å². The Kier molecular flexibility index (Phi) is 5.51. The highest BCUT2D eigenvalue weighted by Crippen LogP contribution is 2.31. The Morgan fingerprint density at radius 2 is 1.93 bits per heavy atom. The van der Waals surface area contributed by atoms with E-state index in [1.165, 1.54) is 5.56 Å². The largest absolute Gasteiger partial charge is 0.330 e. The van der Waals surface area contributed by atoms with Crippen molar-refractivity contribution in [3.05, 3.63) is 76.5 Å². The number of anilines is 1.